The molecule has 14 heavy (non-hydrogen) atoms. The quantitative estimate of drug-likeness (QED) is 0.716. The van der Waals surface area contributed by atoms with Crippen LogP contribution in [0.4, 0.5) is 0 Å². The number of hydrogen-bond acceptors (Lipinski definition) is 2. The van der Waals surface area contributed by atoms with E-state index in [1.807, 2.05) is 38.1 Å². The molecule has 0 heterocycles. The molecular formula is C11H14ClNO. The second-order valence-corrected chi connectivity index (χ2v) is 3.89. The van der Waals surface area contributed by atoms with Gasteiger partial charge in [-0.25, -0.2) is 0 Å². The van der Waals surface area contributed by atoms with Gasteiger partial charge in [0.1, 0.15) is 0 Å². The number of Topliss-reactive ketones (excluding diaryl/α,β-unsaturated/α-hetero) is 1. The van der Waals surface area contributed by atoms with Gasteiger partial charge in [-0.3, -0.25) is 9.69 Å². The van der Waals surface area contributed by atoms with Gasteiger partial charge in [-0.05, 0) is 33.2 Å². The van der Waals surface area contributed by atoms with E-state index in [2.05, 4.69) is 0 Å². The van der Waals surface area contributed by atoms with Crippen molar-refractivity contribution in [3.05, 3.63) is 34.9 Å². The maximum absolute atomic E-state index is 11.9. The summed E-state index contributed by atoms with van der Waals surface area (Å²) in [6, 6.07) is 6.98. The van der Waals surface area contributed by atoms with Crippen LogP contribution >= 0.6 is 11.6 Å². The number of nitrogens with zero attached hydrogens (tertiary/aromatic N) is 1. The Bertz CT molecular complexity index is 336. The third-order valence-corrected chi connectivity index (χ3v) is 2.62. The zero-order valence-electron chi connectivity index (χ0n) is 8.62. The van der Waals surface area contributed by atoms with Crippen LogP contribution in [-0.4, -0.2) is 30.8 Å². The fourth-order valence-electron chi connectivity index (χ4n) is 1.12. The van der Waals surface area contributed by atoms with Crippen LogP contribution in [0.2, 0.25) is 5.02 Å². The van der Waals surface area contributed by atoms with E-state index in [1.54, 1.807) is 12.1 Å². The number of hydrogen-bond donors (Lipinski definition) is 0. The lowest BCUT2D eigenvalue weighted by Crippen LogP contribution is -2.32. The Labute approximate surface area is 89.5 Å². The number of benzene rings is 1. The van der Waals surface area contributed by atoms with Gasteiger partial charge in [-0.1, -0.05) is 23.7 Å². The third kappa shape index (κ3) is 2.34. The van der Waals surface area contributed by atoms with E-state index in [-0.39, 0.29) is 11.8 Å². The van der Waals surface area contributed by atoms with E-state index in [9.17, 15) is 4.79 Å². The summed E-state index contributed by atoms with van der Waals surface area (Å²) in [6.45, 7) is 1.87. The highest BCUT2D eigenvalue weighted by molar-refractivity contribution is 6.34. The highest BCUT2D eigenvalue weighted by Gasteiger charge is 2.18. The minimum Gasteiger partial charge on any atom is -0.300 e. The predicted octanol–water partition coefficient (Wildman–Crippen LogP) is 2.47. The first-order valence-electron chi connectivity index (χ1n) is 4.49. The topological polar surface area (TPSA) is 20.3 Å². The second-order valence-electron chi connectivity index (χ2n) is 3.48. The molecule has 1 aromatic rings. The summed E-state index contributed by atoms with van der Waals surface area (Å²) in [5, 5.41) is 0.520. The Kier molecular flexibility index (Phi) is 3.67. The van der Waals surface area contributed by atoms with Gasteiger partial charge in [-0.2, -0.15) is 0 Å². The van der Waals surface area contributed by atoms with Crippen molar-refractivity contribution in [1.82, 2.24) is 4.90 Å². The summed E-state index contributed by atoms with van der Waals surface area (Å²) in [7, 11) is 3.75. The minimum absolute atomic E-state index is 0.0561. The zero-order valence-corrected chi connectivity index (χ0v) is 9.38. The Balaban J connectivity index is 2.95. The number of rotatable bonds is 3. The van der Waals surface area contributed by atoms with Crippen molar-refractivity contribution in [3.8, 4) is 0 Å². The van der Waals surface area contributed by atoms with E-state index in [0.29, 0.717) is 10.6 Å². The summed E-state index contributed by atoms with van der Waals surface area (Å²) >= 11 is 5.93. The first-order chi connectivity index (χ1) is 6.54. The Hall–Kier alpha value is -0.860. The molecule has 0 N–H and O–H groups in total. The molecule has 2 nitrogen and oxygen atoms in total. The van der Waals surface area contributed by atoms with Gasteiger partial charge in [-0.15, -0.1) is 0 Å². The van der Waals surface area contributed by atoms with Crippen molar-refractivity contribution in [1.29, 1.82) is 0 Å². The maximum Gasteiger partial charge on any atom is 0.181 e. The van der Waals surface area contributed by atoms with Gasteiger partial charge in [0.15, 0.2) is 5.78 Å². The highest BCUT2D eigenvalue weighted by Crippen LogP contribution is 2.17. The fourth-order valence-corrected chi connectivity index (χ4v) is 1.35. The standard InChI is InChI=1S/C11H14ClNO/c1-8(13(2)3)11(14)9-6-4-5-7-10(9)12/h4-8H,1-3H3. The van der Waals surface area contributed by atoms with Crippen molar-refractivity contribution in [2.75, 3.05) is 14.1 Å². The third-order valence-electron chi connectivity index (χ3n) is 2.29. The molecule has 0 saturated heterocycles. The highest BCUT2D eigenvalue weighted by atomic mass is 35.5. The van der Waals surface area contributed by atoms with Crippen molar-refractivity contribution in [2.45, 2.75) is 13.0 Å². The van der Waals surface area contributed by atoms with Crippen LogP contribution in [0.3, 0.4) is 0 Å². The molecule has 0 spiro atoms. The summed E-state index contributed by atoms with van der Waals surface area (Å²) in [5.41, 5.74) is 0.593. The molecule has 0 aliphatic heterocycles. The lowest BCUT2D eigenvalue weighted by Gasteiger charge is -2.18. The zero-order chi connectivity index (χ0) is 10.7. The van der Waals surface area contributed by atoms with E-state index < -0.39 is 0 Å². The summed E-state index contributed by atoms with van der Waals surface area (Å²) in [5.74, 6) is 0.0561. The Morgan fingerprint density at radius 1 is 1.36 bits per heavy atom. The molecule has 0 fully saturated rings. The molecule has 76 valence electrons. The number of likely N-dealkylation sites (N-methyl/N-ethyl adjacent to an activating group) is 1. The maximum atomic E-state index is 11.9. The number of halogens is 1. The average molecular weight is 212 g/mol. The molecule has 1 atom stereocenters. The van der Waals surface area contributed by atoms with E-state index in [4.69, 9.17) is 11.6 Å². The van der Waals surface area contributed by atoms with E-state index in [0.717, 1.165) is 0 Å². The predicted molar refractivity (Wildman–Crippen MR) is 58.9 cm³/mol. The van der Waals surface area contributed by atoms with Gasteiger partial charge in [0.25, 0.3) is 0 Å². The normalized spacial score (nSPS) is 12.9. The van der Waals surface area contributed by atoms with Gasteiger partial charge in [0, 0.05) is 5.56 Å². The van der Waals surface area contributed by atoms with E-state index in [1.165, 1.54) is 0 Å². The van der Waals surface area contributed by atoms with Crippen LogP contribution in [0, 0.1) is 0 Å². The van der Waals surface area contributed by atoms with Crippen LogP contribution in [0.1, 0.15) is 17.3 Å². The molecule has 0 amide bonds. The number of carbonyl (C=O) groups excluding carboxylic acids is 1. The monoisotopic (exact) mass is 211 g/mol. The molecule has 0 aromatic heterocycles. The smallest absolute Gasteiger partial charge is 0.181 e. The molecule has 0 aliphatic rings. The van der Waals surface area contributed by atoms with Crippen LogP contribution in [0.5, 0.6) is 0 Å². The van der Waals surface area contributed by atoms with Gasteiger partial charge < -0.3 is 0 Å². The van der Waals surface area contributed by atoms with Gasteiger partial charge in [0.05, 0.1) is 11.1 Å². The van der Waals surface area contributed by atoms with Crippen molar-refractivity contribution >= 4 is 17.4 Å². The first-order valence-corrected chi connectivity index (χ1v) is 4.87. The fraction of sp³-hybridized carbons (Fsp3) is 0.364. The first kappa shape index (κ1) is 11.2. The molecule has 3 heteroatoms. The lowest BCUT2D eigenvalue weighted by molar-refractivity contribution is 0.0891. The van der Waals surface area contributed by atoms with Crippen molar-refractivity contribution < 1.29 is 4.79 Å². The van der Waals surface area contributed by atoms with Gasteiger partial charge >= 0.3 is 0 Å². The lowest BCUT2D eigenvalue weighted by atomic mass is 10.1. The van der Waals surface area contributed by atoms with Gasteiger partial charge in [0.2, 0.25) is 0 Å². The van der Waals surface area contributed by atoms with Crippen LogP contribution in [0.25, 0.3) is 0 Å². The van der Waals surface area contributed by atoms with Crippen LogP contribution < -0.4 is 0 Å². The summed E-state index contributed by atoms with van der Waals surface area (Å²) in [4.78, 5) is 13.7. The molecule has 1 aromatic carbocycles. The molecule has 0 bridgehead atoms. The Morgan fingerprint density at radius 3 is 2.43 bits per heavy atom. The molecule has 0 saturated carbocycles. The molecule has 1 unspecified atom stereocenters. The molecular weight excluding hydrogens is 198 g/mol. The molecule has 0 aliphatic carbocycles. The SMILES string of the molecule is CC(C(=O)c1ccccc1Cl)N(C)C. The number of carbonyl (C=O) groups is 1. The largest absolute Gasteiger partial charge is 0.300 e. The molecule has 1 rings (SSSR count). The summed E-state index contributed by atoms with van der Waals surface area (Å²) in [6.07, 6.45) is 0. The van der Waals surface area contributed by atoms with Crippen LogP contribution in [0.15, 0.2) is 24.3 Å². The second kappa shape index (κ2) is 4.58. The van der Waals surface area contributed by atoms with Crippen molar-refractivity contribution in [2.24, 2.45) is 0 Å². The summed E-state index contributed by atoms with van der Waals surface area (Å²) < 4.78 is 0. The molecule has 0 radical (unpaired) electrons. The average Bonchev–Trinajstić information content (AvgIpc) is 2.16. The van der Waals surface area contributed by atoms with Crippen LogP contribution in [-0.2, 0) is 0 Å². The van der Waals surface area contributed by atoms with Crippen molar-refractivity contribution in [3.63, 3.8) is 0 Å². The van der Waals surface area contributed by atoms with E-state index >= 15 is 0 Å². The minimum atomic E-state index is -0.144. The Morgan fingerprint density at radius 2 is 1.93 bits per heavy atom. The number of ketones is 1.